The summed E-state index contributed by atoms with van der Waals surface area (Å²) in [4.78, 5) is 32.3. The molecule has 2 aromatic rings. The molecule has 0 aliphatic heterocycles. The minimum atomic E-state index is -0.623. The summed E-state index contributed by atoms with van der Waals surface area (Å²) in [5, 5.41) is 5.32. The third-order valence-electron chi connectivity index (χ3n) is 3.84. The van der Waals surface area contributed by atoms with E-state index in [4.69, 9.17) is 5.73 Å². The van der Waals surface area contributed by atoms with Gasteiger partial charge in [-0.2, -0.15) is 0 Å². The molecule has 0 unspecified atom stereocenters. The zero-order chi connectivity index (χ0) is 18.4. The van der Waals surface area contributed by atoms with Crippen LogP contribution in [0.1, 0.15) is 25.2 Å². The highest BCUT2D eigenvalue weighted by molar-refractivity contribution is 5.87. The molecule has 0 aliphatic rings. The fourth-order valence-electron chi connectivity index (χ4n) is 2.23. The molecule has 2 heterocycles. The normalized spacial score (nSPS) is 12.0. The van der Waals surface area contributed by atoms with Crippen molar-refractivity contribution in [1.82, 2.24) is 25.2 Å². The van der Waals surface area contributed by atoms with Gasteiger partial charge in [-0.25, -0.2) is 9.97 Å². The van der Waals surface area contributed by atoms with E-state index in [1.807, 2.05) is 37.6 Å². The lowest BCUT2D eigenvalue weighted by atomic mass is 10.1. The van der Waals surface area contributed by atoms with E-state index in [2.05, 4.69) is 20.6 Å². The Kier molecular flexibility index (Phi) is 6.24. The molecule has 2 rings (SSSR count). The first kappa shape index (κ1) is 18.6. The molecule has 134 valence electrons. The first-order valence-corrected chi connectivity index (χ1v) is 8.14. The number of nitrogens with two attached hydrogens (primary N) is 1. The van der Waals surface area contributed by atoms with E-state index in [-0.39, 0.29) is 24.3 Å². The highest BCUT2D eigenvalue weighted by atomic mass is 16.2. The third kappa shape index (κ3) is 4.87. The van der Waals surface area contributed by atoms with Crippen LogP contribution in [0.15, 0.2) is 30.7 Å². The number of nitrogens with one attached hydrogen (secondary N) is 2. The number of hydrogen-bond acceptors (Lipinski definition) is 5. The Morgan fingerprint density at radius 2 is 2.00 bits per heavy atom. The van der Waals surface area contributed by atoms with Crippen LogP contribution in [0.2, 0.25) is 0 Å². The van der Waals surface area contributed by atoms with Crippen molar-refractivity contribution in [2.75, 3.05) is 6.54 Å². The van der Waals surface area contributed by atoms with Gasteiger partial charge in [-0.15, -0.1) is 0 Å². The summed E-state index contributed by atoms with van der Waals surface area (Å²) in [6.45, 7) is 5.77. The lowest BCUT2D eigenvalue weighted by Gasteiger charge is -2.15. The van der Waals surface area contributed by atoms with Gasteiger partial charge in [-0.05, 0) is 18.9 Å². The fraction of sp³-hybridized carbons (Fsp3) is 0.412. The van der Waals surface area contributed by atoms with Crippen molar-refractivity contribution in [2.24, 2.45) is 11.7 Å². The number of nitrogens with zero attached hydrogens (tertiary/aromatic N) is 3. The topological polar surface area (TPSA) is 115 Å². The Labute approximate surface area is 146 Å². The van der Waals surface area contributed by atoms with Crippen molar-refractivity contribution in [2.45, 2.75) is 33.4 Å². The minimum Gasteiger partial charge on any atom is -0.350 e. The Balaban J connectivity index is 1.93. The summed E-state index contributed by atoms with van der Waals surface area (Å²) in [5.74, 6) is 0.909. The van der Waals surface area contributed by atoms with Gasteiger partial charge in [0.1, 0.15) is 11.6 Å². The molecule has 0 aromatic carbocycles. The third-order valence-corrected chi connectivity index (χ3v) is 3.84. The summed E-state index contributed by atoms with van der Waals surface area (Å²) in [7, 11) is 0. The van der Waals surface area contributed by atoms with Crippen LogP contribution in [0.3, 0.4) is 0 Å². The van der Waals surface area contributed by atoms with Gasteiger partial charge >= 0.3 is 0 Å². The zero-order valence-corrected chi connectivity index (χ0v) is 14.7. The summed E-state index contributed by atoms with van der Waals surface area (Å²) in [5.41, 5.74) is 6.59. The highest BCUT2D eigenvalue weighted by Gasteiger charge is 2.17. The van der Waals surface area contributed by atoms with Crippen molar-refractivity contribution in [1.29, 1.82) is 0 Å². The van der Waals surface area contributed by atoms with Gasteiger partial charge in [0.05, 0.1) is 12.6 Å². The van der Waals surface area contributed by atoms with E-state index in [1.54, 1.807) is 18.5 Å². The van der Waals surface area contributed by atoms with Crippen molar-refractivity contribution in [3.05, 3.63) is 42.1 Å². The molecular weight excluding hydrogens is 320 g/mol. The molecule has 0 saturated heterocycles. The first-order chi connectivity index (χ1) is 11.9. The molecule has 25 heavy (non-hydrogen) atoms. The van der Waals surface area contributed by atoms with E-state index in [0.717, 1.165) is 11.4 Å². The second-order valence-electron chi connectivity index (χ2n) is 6.09. The number of hydrogen-bond donors (Lipinski definition) is 3. The number of aromatic nitrogens is 3. The van der Waals surface area contributed by atoms with Crippen LogP contribution < -0.4 is 16.4 Å². The Morgan fingerprint density at radius 3 is 2.64 bits per heavy atom. The van der Waals surface area contributed by atoms with Gasteiger partial charge in [0.2, 0.25) is 11.8 Å². The van der Waals surface area contributed by atoms with Crippen molar-refractivity contribution in [3.8, 4) is 5.82 Å². The van der Waals surface area contributed by atoms with E-state index in [9.17, 15) is 9.59 Å². The van der Waals surface area contributed by atoms with Crippen LogP contribution in [0.4, 0.5) is 0 Å². The van der Waals surface area contributed by atoms with Crippen LogP contribution in [-0.2, 0) is 16.1 Å². The first-order valence-electron chi connectivity index (χ1n) is 8.14. The van der Waals surface area contributed by atoms with Crippen molar-refractivity contribution >= 4 is 11.8 Å². The number of carbonyl (C=O) groups is 2. The summed E-state index contributed by atoms with van der Waals surface area (Å²) in [6.07, 6.45) is 5.20. The lowest BCUT2D eigenvalue weighted by Crippen LogP contribution is -2.47. The van der Waals surface area contributed by atoms with E-state index < -0.39 is 6.04 Å². The number of carbonyl (C=O) groups excluding carboxylic acids is 2. The fourth-order valence-corrected chi connectivity index (χ4v) is 2.23. The summed E-state index contributed by atoms with van der Waals surface area (Å²) in [6, 6.07) is 3.07. The maximum Gasteiger partial charge on any atom is 0.239 e. The molecule has 0 radical (unpaired) electrons. The Bertz CT molecular complexity index is 740. The van der Waals surface area contributed by atoms with Crippen LogP contribution in [0, 0.1) is 12.8 Å². The molecule has 0 spiro atoms. The molecule has 0 aliphatic carbocycles. The molecular formula is C17H24N6O2. The number of aryl methyl sites for hydroxylation is 1. The molecule has 2 aromatic heterocycles. The predicted octanol–water partition coefficient (Wildman–Crippen LogP) is 0.291. The van der Waals surface area contributed by atoms with E-state index in [0.29, 0.717) is 12.4 Å². The highest BCUT2D eigenvalue weighted by Crippen LogP contribution is 2.12. The van der Waals surface area contributed by atoms with Crippen molar-refractivity contribution in [3.63, 3.8) is 0 Å². The van der Waals surface area contributed by atoms with Crippen LogP contribution in [-0.4, -0.2) is 38.9 Å². The van der Waals surface area contributed by atoms with E-state index >= 15 is 0 Å². The molecule has 0 fully saturated rings. The average Bonchev–Trinajstić information content (AvgIpc) is 3.03. The van der Waals surface area contributed by atoms with Gasteiger partial charge in [-0.1, -0.05) is 19.9 Å². The monoisotopic (exact) mass is 344 g/mol. The molecule has 2 amide bonds. The molecule has 8 heteroatoms. The van der Waals surface area contributed by atoms with E-state index in [1.165, 1.54) is 0 Å². The van der Waals surface area contributed by atoms with Crippen LogP contribution >= 0.6 is 0 Å². The smallest absolute Gasteiger partial charge is 0.239 e. The zero-order valence-electron chi connectivity index (χ0n) is 14.7. The largest absolute Gasteiger partial charge is 0.350 e. The summed E-state index contributed by atoms with van der Waals surface area (Å²) >= 11 is 0. The summed E-state index contributed by atoms with van der Waals surface area (Å²) < 4.78 is 1.85. The number of amides is 2. The maximum atomic E-state index is 12.0. The SMILES string of the molecule is Cc1nccn1-c1ncccc1CNC(=O)CNC(=O)[C@@H](N)C(C)C. The Hall–Kier alpha value is -2.74. The van der Waals surface area contributed by atoms with Gasteiger partial charge in [0.15, 0.2) is 0 Å². The quantitative estimate of drug-likeness (QED) is 0.668. The molecule has 8 nitrogen and oxygen atoms in total. The molecule has 0 bridgehead atoms. The lowest BCUT2D eigenvalue weighted by molar-refractivity contribution is -0.127. The van der Waals surface area contributed by atoms with Gasteiger partial charge in [0, 0.05) is 30.7 Å². The van der Waals surface area contributed by atoms with Crippen LogP contribution in [0.5, 0.6) is 0 Å². The number of pyridine rings is 1. The van der Waals surface area contributed by atoms with Gasteiger partial charge in [-0.3, -0.25) is 14.2 Å². The second kappa shape index (κ2) is 8.39. The standard InChI is InChI=1S/C17H24N6O2/c1-11(2)15(18)17(25)22-10-14(24)21-9-13-5-4-6-20-16(13)23-8-7-19-12(23)3/h4-8,11,15H,9-10,18H2,1-3H3,(H,21,24)(H,22,25)/t15-/m0/s1. The predicted molar refractivity (Wildman–Crippen MR) is 93.8 cm³/mol. The molecule has 4 N–H and O–H groups in total. The minimum absolute atomic E-state index is 0.0134. The van der Waals surface area contributed by atoms with Crippen LogP contribution in [0.25, 0.3) is 5.82 Å². The number of rotatable bonds is 7. The Morgan fingerprint density at radius 1 is 1.24 bits per heavy atom. The van der Waals surface area contributed by atoms with Gasteiger partial charge in [0.25, 0.3) is 0 Å². The molecule has 1 atom stereocenters. The number of imidazole rings is 1. The average molecular weight is 344 g/mol. The van der Waals surface area contributed by atoms with Crippen molar-refractivity contribution < 1.29 is 9.59 Å². The molecule has 0 saturated carbocycles. The second-order valence-corrected chi connectivity index (χ2v) is 6.09. The van der Waals surface area contributed by atoms with Gasteiger partial charge < -0.3 is 16.4 Å². The maximum absolute atomic E-state index is 12.0.